The lowest BCUT2D eigenvalue weighted by molar-refractivity contribution is -0.138. The summed E-state index contributed by atoms with van der Waals surface area (Å²) < 4.78 is 62.2. The number of carbonyl (C=O) groups excluding carboxylic acids is 2. The molecule has 0 radical (unpaired) electrons. The lowest BCUT2D eigenvalue weighted by atomic mass is 9.80. The number of nitrogens with one attached hydrogen (secondary N) is 2. The van der Waals surface area contributed by atoms with Gasteiger partial charge in [-0.2, -0.15) is 13.2 Å². The fourth-order valence-corrected chi connectivity index (χ4v) is 6.62. The maximum absolute atomic E-state index is 15.3. The highest BCUT2D eigenvalue weighted by Crippen LogP contribution is 2.44. The lowest BCUT2D eigenvalue weighted by Gasteiger charge is -2.42. The van der Waals surface area contributed by atoms with E-state index in [0.717, 1.165) is 30.7 Å². The fraction of sp³-hybridized carbons (Fsp3) is 0.297. The molecule has 0 aromatic heterocycles. The predicted octanol–water partition coefficient (Wildman–Crippen LogP) is 7.44. The normalized spacial score (nSPS) is 18.2. The van der Waals surface area contributed by atoms with Crippen molar-refractivity contribution >= 4 is 28.9 Å². The van der Waals surface area contributed by atoms with Crippen molar-refractivity contribution in [2.75, 3.05) is 28.7 Å². The van der Waals surface area contributed by atoms with E-state index in [-0.39, 0.29) is 29.3 Å². The number of benzene rings is 4. The number of anilines is 3. The number of aryl methyl sites for hydroxylation is 1. The van der Waals surface area contributed by atoms with Crippen molar-refractivity contribution < 1.29 is 37.0 Å². The van der Waals surface area contributed by atoms with Crippen molar-refractivity contribution in [2.45, 2.75) is 51.1 Å². The van der Waals surface area contributed by atoms with Crippen LogP contribution in [0.25, 0.3) is 0 Å². The van der Waals surface area contributed by atoms with Crippen LogP contribution in [0.2, 0.25) is 0 Å². The molecule has 2 amide bonds. The first kappa shape index (κ1) is 33.2. The van der Waals surface area contributed by atoms with Crippen molar-refractivity contribution in [1.82, 2.24) is 0 Å². The molecule has 4 aromatic carbocycles. The van der Waals surface area contributed by atoms with Gasteiger partial charge in [-0.15, -0.1) is 0 Å². The summed E-state index contributed by atoms with van der Waals surface area (Å²) in [6, 6.07) is 21.2. The van der Waals surface area contributed by atoms with Crippen LogP contribution >= 0.6 is 0 Å². The highest BCUT2D eigenvalue weighted by Gasteiger charge is 2.43. The molecule has 4 aromatic rings. The summed E-state index contributed by atoms with van der Waals surface area (Å²) in [5, 5.41) is 15.6. The largest absolute Gasteiger partial charge is 0.416 e. The summed E-state index contributed by atoms with van der Waals surface area (Å²) in [4.78, 5) is 30.1. The van der Waals surface area contributed by atoms with E-state index in [2.05, 4.69) is 10.6 Å². The SMILES string of the molecule is Cc1cccc(F)c1C(=O)N1c2ccccc2C[C@H](C(=O)Nc2ccc(CO)c(C(F)(F)F)c2)C1c1ccc(NC2CCOCC2)cc1. The number of alkyl halides is 3. The maximum atomic E-state index is 15.3. The third-order valence-corrected chi connectivity index (χ3v) is 9.04. The summed E-state index contributed by atoms with van der Waals surface area (Å²) in [6.07, 6.45) is -2.89. The molecular weight excluding hydrogens is 626 g/mol. The Hall–Kier alpha value is -4.74. The summed E-state index contributed by atoms with van der Waals surface area (Å²) in [6.45, 7) is 2.13. The number of hydrogen-bond acceptors (Lipinski definition) is 5. The van der Waals surface area contributed by atoms with Crippen LogP contribution in [0.4, 0.5) is 34.6 Å². The minimum absolute atomic E-state index is 0.110. The number of fused-ring (bicyclic) bond motifs is 1. The van der Waals surface area contributed by atoms with Crippen LogP contribution in [-0.4, -0.2) is 36.2 Å². The molecule has 0 aliphatic carbocycles. The van der Waals surface area contributed by atoms with E-state index in [4.69, 9.17) is 4.74 Å². The molecule has 2 heterocycles. The number of aliphatic hydroxyl groups excluding tert-OH is 1. The van der Waals surface area contributed by atoms with Crippen molar-refractivity contribution in [2.24, 2.45) is 5.92 Å². The molecule has 2 atom stereocenters. The van der Waals surface area contributed by atoms with Gasteiger partial charge in [-0.3, -0.25) is 14.5 Å². The van der Waals surface area contributed by atoms with Gasteiger partial charge in [0.05, 0.1) is 29.7 Å². The monoisotopic (exact) mass is 661 g/mol. The topological polar surface area (TPSA) is 90.9 Å². The molecule has 7 nitrogen and oxygen atoms in total. The van der Waals surface area contributed by atoms with Crippen molar-refractivity contribution in [3.63, 3.8) is 0 Å². The van der Waals surface area contributed by atoms with Gasteiger partial charge in [0.1, 0.15) is 5.82 Å². The Kier molecular flexibility index (Phi) is 9.52. The predicted molar refractivity (Wildman–Crippen MR) is 174 cm³/mol. The fourth-order valence-electron chi connectivity index (χ4n) is 6.62. The first-order chi connectivity index (χ1) is 23.0. The van der Waals surface area contributed by atoms with Crippen LogP contribution in [-0.2, 0) is 28.7 Å². The second-order valence-corrected chi connectivity index (χ2v) is 12.2. The number of aliphatic hydroxyl groups is 1. The minimum atomic E-state index is -4.76. The third-order valence-electron chi connectivity index (χ3n) is 9.04. The van der Waals surface area contributed by atoms with Gasteiger partial charge in [0.15, 0.2) is 0 Å². The number of halogens is 4. The van der Waals surface area contributed by atoms with E-state index in [1.54, 1.807) is 37.3 Å². The first-order valence-electron chi connectivity index (χ1n) is 15.8. The number of carbonyl (C=O) groups is 2. The maximum Gasteiger partial charge on any atom is 0.416 e. The summed E-state index contributed by atoms with van der Waals surface area (Å²) in [7, 11) is 0. The second-order valence-electron chi connectivity index (χ2n) is 12.2. The second kappa shape index (κ2) is 13.8. The molecule has 0 spiro atoms. The van der Waals surface area contributed by atoms with E-state index in [1.807, 2.05) is 24.3 Å². The number of ether oxygens (including phenoxy) is 1. The average molecular weight is 662 g/mol. The highest BCUT2D eigenvalue weighted by molar-refractivity contribution is 6.09. The molecule has 2 aliphatic rings. The quantitative estimate of drug-likeness (QED) is 0.179. The molecular formula is C37H35F4N3O4. The number of rotatable bonds is 7. The van der Waals surface area contributed by atoms with Gasteiger partial charge in [0.25, 0.3) is 5.91 Å². The van der Waals surface area contributed by atoms with Gasteiger partial charge in [-0.1, -0.05) is 48.5 Å². The van der Waals surface area contributed by atoms with Crippen LogP contribution in [0, 0.1) is 18.7 Å². The van der Waals surface area contributed by atoms with Crippen LogP contribution in [0.3, 0.4) is 0 Å². The molecule has 0 saturated carbocycles. The van der Waals surface area contributed by atoms with Crippen molar-refractivity contribution in [3.05, 3.63) is 124 Å². The van der Waals surface area contributed by atoms with E-state index >= 15 is 4.39 Å². The third kappa shape index (κ3) is 6.79. The zero-order chi connectivity index (χ0) is 34.0. The Morgan fingerprint density at radius 3 is 2.33 bits per heavy atom. The van der Waals surface area contributed by atoms with Gasteiger partial charge in [-0.05, 0) is 84.8 Å². The van der Waals surface area contributed by atoms with Crippen LogP contribution in [0.1, 0.15) is 57.1 Å². The van der Waals surface area contributed by atoms with Gasteiger partial charge < -0.3 is 20.5 Å². The number of amides is 2. The summed E-state index contributed by atoms with van der Waals surface area (Å²) >= 11 is 0. The molecule has 2 aliphatic heterocycles. The molecule has 3 N–H and O–H groups in total. The number of para-hydroxylation sites is 1. The molecule has 1 saturated heterocycles. The van der Waals surface area contributed by atoms with Crippen molar-refractivity contribution in [1.29, 1.82) is 0 Å². The van der Waals surface area contributed by atoms with Crippen molar-refractivity contribution in [3.8, 4) is 0 Å². The number of nitrogens with zero attached hydrogens (tertiary/aromatic N) is 1. The van der Waals surface area contributed by atoms with Gasteiger partial charge in [-0.25, -0.2) is 4.39 Å². The Morgan fingerprint density at radius 1 is 0.938 bits per heavy atom. The Balaban J connectivity index is 1.43. The molecule has 11 heteroatoms. The summed E-state index contributed by atoms with van der Waals surface area (Å²) in [5.74, 6) is -2.94. The van der Waals surface area contributed by atoms with E-state index in [1.165, 1.54) is 23.1 Å². The first-order valence-corrected chi connectivity index (χ1v) is 15.8. The standard InChI is InChI=1S/C37H35F4N3O4/c1-22-5-4-7-31(38)33(22)36(47)44-32-8-3-2-6-24(32)19-29(35(46)43-28-14-11-25(21-45)30(20-28)37(39,40)41)34(44)23-9-12-26(13-10-23)42-27-15-17-48-18-16-27/h2-14,20,27,29,34,42,45H,15-19,21H2,1H3,(H,43,46)/t29-,34?/m0/s1. The van der Waals surface area contributed by atoms with Crippen LogP contribution < -0.4 is 15.5 Å². The zero-order valence-electron chi connectivity index (χ0n) is 26.2. The Labute approximate surface area is 275 Å². The highest BCUT2D eigenvalue weighted by atomic mass is 19.4. The van der Waals surface area contributed by atoms with Gasteiger partial charge in [0.2, 0.25) is 5.91 Å². The zero-order valence-corrected chi connectivity index (χ0v) is 26.2. The summed E-state index contributed by atoms with van der Waals surface area (Å²) in [5.41, 5.74) is 1.39. The van der Waals surface area contributed by atoms with Crippen LogP contribution in [0.15, 0.2) is 84.9 Å². The van der Waals surface area contributed by atoms with E-state index in [9.17, 15) is 27.9 Å². The molecule has 0 bridgehead atoms. The minimum Gasteiger partial charge on any atom is -0.392 e. The van der Waals surface area contributed by atoms with E-state index < -0.39 is 47.9 Å². The van der Waals surface area contributed by atoms with Crippen LogP contribution in [0.5, 0.6) is 0 Å². The smallest absolute Gasteiger partial charge is 0.392 e. The average Bonchev–Trinajstić information content (AvgIpc) is 3.07. The number of hydrogen-bond donors (Lipinski definition) is 3. The Bertz CT molecular complexity index is 1790. The lowest BCUT2D eigenvalue weighted by Crippen LogP contribution is -2.47. The molecule has 1 fully saturated rings. The van der Waals surface area contributed by atoms with Gasteiger partial charge >= 0.3 is 6.18 Å². The molecule has 250 valence electrons. The van der Waals surface area contributed by atoms with Gasteiger partial charge in [0, 0.05) is 36.3 Å². The Morgan fingerprint density at radius 2 is 1.65 bits per heavy atom. The van der Waals surface area contributed by atoms with E-state index in [0.29, 0.717) is 35.6 Å². The molecule has 1 unspecified atom stereocenters. The molecule has 48 heavy (non-hydrogen) atoms. The molecule has 6 rings (SSSR count).